The van der Waals surface area contributed by atoms with E-state index >= 15 is 0 Å². The van der Waals surface area contributed by atoms with Gasteiger partial charge in [0.2, 0.25) is 0 Å². The molecule has 0 aromatic heterocycles. The minimum absolute atomic E-state index is 0.160. The van der Waals surface area contributed by atoms with Crippen LogP contribution in [0.1, 0.15) is 30.5 Å². The van der Waals surface area contributed by atoms with Crippen LogP contribution in [0.2, 0.25) is 0 Å². The lowest BCUT2D eigenvalue weighted by Gasteiger charge is -2.18. The molecule has 0 unspecified atom stereocenters. The highest BCUT2D eigenvalue weighted by molar-refractivity contribution is 5.51. The van der Waals surface area contributed by atoms with E-state index in [0.717, 1.165) is 23.3 Å². The number of para-hydroxylation sites is 1. The Hall–Kier alpha value is -2.03. The fraction of sp³-hybridized carbons (Fsp3) is 0.333. The molecule has 110 valence electrons. The first-order valence-electron chi connectivity index (χ1n) is 7.24. The molecule has 0 amide bonds. The molecule has 2 aromatic carbocycles. The Morgan fingerprint density at radius 1 is 1.24 bits per heavy atom. The minimum Gasteiger partial charge on any atom is -0.487 e. The van der Waals surface area contributed by atoms with Crippen LogP contribution in [0, 0.1) is 12.7 Å². The monoisotopic (exact) mass is 285 g/mol. The SMILES string of the molecule is Cc1ccc(F)c(NCc2cccc3c2OC(C)(C)C3)c1. The first kappa shape index (κ1) is 13.9. The second-order valence-corrected chi connectivity index (χ2v) is 6.28. The van der Waals surface area contributed by atoms with Crippen molar-refractivity contribution in [1.82, 2.24) is 0 Å². The van der Waals surface area contributed by atoms with Crippen molar-refractivity contribution >= 4 is 5.69 Å². The van der Waals surface area contributed by atoms with Gasteiger partial charge in [-0.1, -0.05) is 24.3 Å². The quantitative estimate of drug-likeness (QED) is 0.899. The van der Waals surface area contributed by atoms with Crippen LogP contribution in [-0.4, -0.2) is 5.60 Å². The predicted molar refractivity (Wildman–Crippen MR) is 83.3 cm³/mol. The molecule has 0 bridgehead atoms. The van der Waals surface area contributed by atoms with Gasteiger partial charge in [-0.05, 0) is 44.0 Å². The Morgan fingerprint density at radius 3 is 2.86 bits per heavy atom. The van der Waals surface area contributed by atoms with E-state index in [4.69, 9.17) is 4.74 Å². The average Bonchev–Trinajstić information content (AvgIpc) is 2.74. The molecule has 1 N–H and O–H groups in total. The van der Waals surface area contributed by atoms with Gasteiger partial charge in [0.25, 0.3) is 0 Å². The molecule has 1 aliphatic rings. The van der Waals surface area contributed by atoms with E-state index in [0.29, 0.717) is 12.2 Å². The second kappa shape index (κ2) is 5.06. The number of fused-ring (bicyclic) bond motifs is 1. The van der Waals surface area contributed by atoms with Gasteiger partial charge in [-0.25, -0.2) is 4.39 Å². The molecule has 0 saturated carbocycles. The molecule has 0 saturated heterocycles. The summed E-state index contributed by atoms with van der Waals surface area (Å²) in [6.45, 7) is 6.69. The van der Waals surface area contributed by atoms with Crippen LogP contribution in [-0.2, 0) is 13.0 Å². The summed E-state index contributed by atoms with van der Waals surface area (Å²) in [5.41, 5.74) is 3.70. The van der Waals surface area contributed by atoms with E-state index < -0.39 is 0 Å². The van der Waals surface area contributed by atoms with E-state index in [1.54, 1.807) is 6.07 Å². The van der Waals surface area contributed by atoms with Gasteiger partial charge in [0.05, 0.1) is 5.69 Å². The highest BCUT2D eigenvalue weighted by Crippen LogP contribution is 2.37. The van der Waals surface area contributed by atoms with E-state index in [2.05, 4.69) is 25.2 Å². The lowest BCUT2D eigenvalue weighted by molar-refractivity contribution is 0.137. The van der Waals surface area contributed by atoms with Crippen LogP contribution in [0.15, 0.2) is 36.4 Å². The first-order chi connectivity index (χ1) is 9.94. The molecular weight excluding hydrogens is 265 g/mol. The number of halogens is 1. The summed E-state index contributed by atoms with van der Waals surface area (Å²) in [7, 11) is 0. The zero-order chi connectivity index (χ0) is 15.0. The molecule has 3 heteroatoms. The van der Waals surface area contributed by atoms with E-state index in [-0.39, 0.29) is 11.4 Å². The van der Waals surface area contributed by atoms with Crippen LogP contribution < -0.4 is 10.1 Å². The summed E-state index contributed by atoms with van der Waals surface area (Å²) in [5.74, 6) is 0.720. The average molecular weight is 285 g/mol. The minimum atomic E-state index is -0.227. The Kier molecular flexibility index (Phi) is 3.36. The number of nitrogens with one attached hydrogen (secondary N) is 1. The molecule has 1 aliphatic heterocycles. The van der Waals surface area contributed by atoms with E-state index in [9.17, 15) is 4.39 Å². The van der Waals surface area contributed by atoms with Crippen LogP contribution in [0.3, 0.4) is 0 Å². The molecule has 0 fully saturated rings. The molecule has 0 atom stereocenters. The van der Waals surface area contributed by atoms with Crippen molar-refractivity contribution in [1.29, 1.82) is 0 Å². The lowest BCUT2D eigenvalue weighted by Crippen LogP contribution is -2.25. The maximum absolute atomic E-state index is 13.8. The number of rotatable bonds is 3. The largest absolute Gasteiger partial charge is 0.487 e. The van der Waals surface area contributed by atoms with Gasteiger partial charge in [-0.3, -0.25) is 0 Å². The van der Waals surface area contributed by atoms with Crippen molar-refractivity contribution in [2.75, 3.05) is 5.32 Å². The normalized spacial score (nSPS) is 15.4. The molecule has 2 nitrogen and oxygen atoms in total. The number of anilines is 1. The van der Waals surface area contributed by atoms with Crippen LogP contribution in [0.4, 0.5) is 10.1 Å². The second-order valence-electron chi connectivity index (χ2n) is 6.28. The Morgan fingerprint density at radius 2 is 2.05 bits per heavy atom. The number of benzene rings is 2. The van der Waals surface area contributed by atoms with Crippen molar-refractivity contribution in [3.05, 3.63) is 58.9 Å². The molecule has 21 heavy (non-hydrogen) atoms. The molecule has 3 rings (SSSR count). The van der Waals surface area contributed by atoms with Gasteiger partial charge in [0.15, 0.2) is 0 Å². The summed E-state index contributed by atoms with van der Waals surface area (Å²) in [4.78, 5) is 0. The molecule has 0 radical (unpaired) electrons. The Labute approximate surface area is 125 Å². The summed E-state index contributed by atoms with van der Waals surface area (Å²) >= 11 is 0. The van der Waals surface area contributed by atoms with Crippen LogP contribution >= 0.6 is 0 Å². The standard InChI is InChI=1S/C18H20FNO/c1-12-7-8-15(19)16(9-12)20-11-14-6-4-5-13-10-18(2,3)21-17(13)14/h4-9,20H,10-11H2,1-3H3. The number of ether oxygens (including phenoxy) is 1. The van der Waals surface area contributed by atoms with Gasteiger partial charge in [0.1, 0.15) is 17.2 Å². The number of hydrogen-bond acceptors (Lipinski definition) is 2. The van der Waals surface area contributed by atoms with Crippen molar-refractivity contribution in [2.45, 2.75) is 39.3 Å². The molecule has 1 heterocycles. The van der Waals surface area contributed by atoms with Gasteiger partial charge in [-0.2, -0.15) is 0 Å². The number of hydrogen-bond donors (Lipinski definition) is 1. The summed E-state index contributed by atoms with van der Waals surface area (Å²) in [6.07, 6.45) is 0.912. The lowest BCUT2D eigenvalue weighted by atomic mass is 10.0. The third kappa shape index (κ3) is 2.87. The zero-order valence-corrected chi connectivity index (χ0v) is 12.7. The van der Waals surface area contributed by atoms with Crippen molar-refractivity contribution in [3.8, 4) is 5.75 Å². The molecule has 2 aromatic rings. The van der Waals surface area contributed by atoms with E-state index in [1.165, 1.54) is 11.6 Å². The highest BCUT2D eigenvalue weighted by Gasteiger charge is 2.31. The summed E-state index contributed by atoms with van der Waals surface area (Å²) in [6, 6.07) is 11.2. The van der Waals surface area contributed by atoms with E-state index in [1.807, 2.05) is 25.1 Å². The fourth-order valence-electron chi connectivity index (χ4n) is 2.78. The smallest absolute Gasteiger partial charge is 0.146 e. The van der Waals surface area contributed by atoms with Gasteiger partial charge in [0, 0.05) is 18.5 Å². The topological polar surface area (TPSA) is 21.3 Å². The third-order valence-electron chi connectivity index (χ3n) is 3.76. The fourth-order valence-corrected chi connectivity index (χ4v) is 2.78. The van der Waals surface area contributed by atoms with Gasteiger partial charge >= 0.3 is 0 Å². The maximum atomic E-state index is 13.8. The van der Waals surface area contributed by atoms with Gasteiger partial charge in [-0.15, -0.1) is 0 Å². The zero-order valence-electron chi connectivity index (χ0n) is 12.7. The number of aryl methyl sites for hydroxylation is 1. The van der Waals surface area contributed by atoms with Crippen molar-refractivity contribution in [2.24, 2.45) is 0 Å². The van der Waals surface area contributed by atoms with Crippen LogP contribution in [0.5, 0.6) is 5.75 Å². The maximum Gasteiger partial charge on any atom is 0.146 e. The molecule has 0 spiro atoms. The summed E-state index contributed by atoms with van der Waals surface area (Å²) < 4.78 is 19.8. The Bertz CT molecular complexity index is 679. The Balaban J connectivity index is 1.81. The molecule has 0 aliphatic carbocycles. The van der Waals surface area contributed by atoms with Crippen molar-refractivity contribution in [3.63, 3.8) is 0 Å². The first-order valence-corrected chi connectivity index (χ1v) is 7.24. The molecular formula is C18H20FNO. The summed E-state index contributed by atoms with van der Waals surface area (Å²) in [5, 5.41) is 3.17. The third-order valence-corrected chi connectivity index (χ3v) is 3.76. The van der Waals surface area contributed by atoms with Gasteiger partial charge < -0.3 is 10.1 Å². The predicted octanol–water partition coefficient (Wildman–Crippen LogP) is 4.46. The van der Waals surface area contributed by atoms with Crippen molar-refractivity contribution < 1.29 is 9.13 Å². The van der Waals surface area contributed by atoms with Crippen LogP contribution in [0.25, 0.3) is 0 Å². The highest BCUT2D eigenvalue weighted by atomic mass is 19.1.